The summed E-state index contributed by atoms with van der Waals surface area (Å²) in [5.74, 6) is -1.81. The Balaban J connectivity index is 1.56. The van der Waals surface area contributed by atoms with E-state index in [1.54, 1.807) is 12.1 Å². The van der Waals surface area contributed by atoms with Crippen molar-refractivity contribution in [1.29, 1.82) is 0 Å². The predicted octanol–water partition coefficient (Wildman–Crippen LogP) is 4.67. The van der Waals surface area contributed by atoms with Crippen molar-refractivity contribution in [2.24, 2.45) is 0 Å². The molecule has 12 nitrogen and oxygen atoms in total. The molecule has 1 fully saturated rings. The van der Waals surface area contributed by atoms with E-state index in [-0.39, 0.29) is 41.0 Å². The number of nitrogens with zero attached hydrogens (tertiary/aromatic N) is 2. The van der Waals surface area contributed by atoms with Crippen molar-refractivity contribution in [1.82, 2.24) is 5.32 Å². The molecular formula is C28H23BrN4O8. The van der Waals surface area contributed by atoms with Crippen LogP contribution in [0.5, 0.6) is 11.5 Å². The van der Waals surface area contributed by atoms with Crippen molar-refractivity contribution >= 4 is 62.8 Å². The van der Waals surface area contributed by atoms with Gasteiger partial charge in [-0.15, -0.1) is 0 Å². The molecule has 0 saturated carbocycles. The lowest BCUT2D eigenvalue weighted by Crippen LogP contribution is -2.54. The zero-order chi connectivity index (χ0) is 29.8. The predicted molar refractivity (Wildman–Crippen MR) is 153 cm³/mol. The molecule has 0 aliphatic carbocycles. The van der Waals surface area contributed by atoms with Crippen LogP contribution in [-0.2, 0) is 14.4 Å². The van der Waals surface area contributed by atoms with E-state index in [4.69, 9.17) is 9.47 Å². The molecule has 3 aromatic carbocycles. The maximum absolute atomic E-state index is 13.2. The number of nitro benzene ring substituents is 1. The number of carbonyl (C=O) groups is 4. The number of nitrogens with one attached hydrogen (secondary N) is 2. The lowest BCUT2D eigenvalue weighted by Gasteiger charge is -2.26. The maximum atomic E-state index is 13.2. The van der Waals surface area contributed by atoms with Gasteiger partial charge in [0.25, 0.3) is 23.4 Å². The number of imide groups is 2. The van der Waals surface area contributed by atoms with Gasteiger partial charge in [0.1, 0.15) is 5.57 Å². The number of ether oxygens (including phenoxy) is 2. The summed E-state index contributed by atoms with van der Waals surface area (Å²) in [6, 6.07) is 12.3. The van der Waals surface area contributed by atoms with Crippen LogP contribution in [0.15, 0.2) is 64.6 Å². The molecule has 0 spiro atoms. The number of anilines is 2. The fourth-order valence-corrected chi connectivity index (χ4v) is 4.53. The average Bonchev–Trinajstić information content (AvgIpc) is 2.93. The molecule has 1 aliphatic rings. The Morgan fingerprint density at radius 1 is 1.12 bits per heavy atom. The first-order chi connectivity index (χ1) is 19.5. The number of urea groups is 1. The number of rotatable bonds is 8. The van der Waals surface area contributed by atoms with Crippen LogP contribution in [0.3, 0.4) is 0 Å². The van der Waals surface area contributed by atoms with E-state index >= 15 is 0 Å². The largest absolute Gasteiger partial charge is 0.493 e. The second-order valence-corrected chi connectivity index (χ2v) is 9.70. The zero-order valence-electron chi connectivity index (χ0n) is 22.0. The molecule has 0 bridgehead atoms. The average molecular weight is 623 g/mol. The summed E-state index contributed by atoms with van der Waals surface area (Å²) in [6.45, 7) is 3.52. The van der Waals surface area contributed by atoms with Crippen LogP contribution in [0.4, 0.5) is 21.9 Å². The minimum absolute atomic E-state index is 0.0399. The molecule has 0 aromatic heterocycles. The molecule has 4 rings (SSSR count). The molecule has 0 unspecified atom stereocenters. The summed E-state index contributed by atoms with van der Waals surface area (Å²) in [5, 5.41) is 15.8. The van der Waals surface area contributed by atoms with Crippen molar-refractivity contribution in [2.45, 2.75) is 13.8 Å². The Bertz CT molecular complexity index is 1620. The van der Waals surface area contributed by atoms with E-state index in [2.05, 4.69) is 26.6 Å². The number of halogens is 1. The monoisotopic (exact) mass is 622 g/mol. The van der Waals surface area contributed by atoms with Crippen LogP contribution < -0.4 is 25.0 Å². The Morgan fingerprint density at radius 3 is 2.49 bits per heavy atom. The summed E-state index contributed by atoms with van der Waals surface area (Å²) >= 11 is 3.38. The number of amides is 5. The second kappa shape index (κ2) is 12.0. The lowest BCUT2D eigenvalue weighted by atomic mass is 10.1. The van der Waals surface area contributed by atoms with Gasteiger partial charge >= 0.3 is 6.03 Å². The molecule has 0 radical (unpaired) electrons. The Kier molecular flexibility index (Phi) is 8.48. The highest BCUT2D eigenvalue weighted by Crippen LogP contribution is 2.37. The SMILES string of the molecule is COc1cc(/C=C2/C(=O)NC(=O)N(c3ccc([N+](=O)[O-])cc3)C2=O)cc(Br)c1OCC(=O)Nc1cccc(C)c1C. The molecule has 1 saturated heterocycles. The maximum Gasteiger partial charge on any atom is 0.335 e. The van der Waals surface area contributed by atoms with Gasteiger partial charge in [-0.05, 0) is 82.9 Å². The molecule has 210 valence electrons. The van der Waals surface area contributed by atoms with Gasteiger partial charge in [0.05, 0.1) is 22.2 Å². The first kappa shape index (κ1) is 29.0. The Labute approximate surface area is 242 Å². The highest BCUT2D eigenvalue weighted by Gasteiger charge is 2.37. The summed E-state index contributed by atoms with van der Waals surface area (Å²) in [7, 11) is 1.38. The van der Waals surface area contributed by atoms with Crippen LogP contribution in [0.1, 0.15) is 16.7 Å². The summed E-state index contributed by atoms with van der Waals surface area (Å²) in [6.07, 6.45) is 1.26. The van der Waals surface area contributed by atoms with Crippen molar-refractivity contribution in [3.05, 3.63) is 91.4 Å². The number of benzene rings is 3. The first-order valence-corrected chi connectivity index (χ1v) is 12.8. The van der Waals surface area contributed by atoms with E-state index in [9.17, 15) is 29.3 Å². The number of hydrogen-bond acceptors (Lipinski definition) is 8. The fraction of sp³-hybridized carbons (Fsp3) is 0.143. The minimum atomic E-state index is -0.993. The molecule has 1 heterocycles. The zero-order valence-corrected chi connectivity index (χ0v) is 23.6. The minimum Gasteiger partial charge on any atom is -0.493 e. The first-order valence-electron chi connectivity index (χ1n) is 12.0. The summed E-state index contributed by atoms with van der Waals surface area (Å²) < 4.78 is 11.5. The van der Waals surface area contributed by atoms with Crippen molar-refractivity contribution < 1.29 is 33.6 Å². The van der Waals surface area contributed by atoms with Gasteiger partial charge in [-0.25, -0.2) is 9.69 Å². The van der Waals surface area contributed by atoms with Crippen molar-refractivity contribution in [3.8, 4) is 11.5 Å². The van der Waals surface area contributed by atoms with Crippen LogP contribution in [0.2, 0.25) is 0 Å². The molecule has 41 heavy (non-hydrogen) atoms. The number of barbiturate groups is 1. The molecule has 1 aliphatic heterocycles. The molecule has 0 atom stereocenters. The summed E-state index contributed by atoms with van der Waals surface area (Å²) in [5.41, 5.74) is 2.43. The van der Waals surface area contributed by atoms with E-state index in [0.29, 0.717) is 20.6 Å². The van der Waals surface area contributed by atoms with Crippen molar-refractivity contribution in [2.75, 3.05) is 23.9 Å². The number of aryl methyl sites for hydroxylation is 1. The number of carbonyl (C=O) groups excluding carboxylic acids is 4. The Morgan fingerprint density at radius 2 is 1.83 bits per heavy atom. The summed E-state index contributed by atoms with van der Waals surface area (Å²) in [4.78, 5) is 61.8. The standard InChI is InChI=1S/C28H23BrN4O8/c1-15-5-4-6-22(16(15)2)30-24(34)14-41-25-21(29)12-17(13-23(25)40-3)11-20-26(35)31-28(37)32(27(20)36)18-7-9-19(10-8-18)33(38)39/h4-13H,14H2,1-3H3,(H,30,34)(H,31,35,37)/b20-11-. The van der Waals surface area contributed by atoms with Crippen LogP contribution >= 0.6 is 15.9 Å². The van der Waals surface area contributed by atoms with E-state index < -0.39 is 22.8 Å². The van der Waals surface area contributed by atoms with Gasteiger partial charge in [-0.2, -0.15) is 0 Å². The van der Waals surface area contributed by atoms with Gasteiger partial charge in [0.2, 0.25) is 0 Å². The smallest absolute Gasteiger partial charge is 0.335 e. The molecular weight excluding hydrogens is 600 g/mol. The van der Waals surface area contributed by atoms with Gasteiger partial charge in [0.15, 0.2) is 18.1 Å². The highest BCUT2D eigenvalue weighted by molar-refractivity contribution is 9.10. The molecule has 5 amide bonds. The Hall–Kier alpha value is -5.04. The normalized spacial score (nSPS) is 14.1. The quantitative estimate of drug-likeness (QED) is 0.159. The third-order valence-electron chi connectivity index (χ3n) is 6.21. The van der Waals surface area contributed by atoms with Crippen molar-refractivity contribution in [3.63, 3.8) is 0 Å². The number of non-ortho nitro benzene ring substituents is 1. The highest BCUT2D eigenvalue weighted by atomic mass is 79.9. The molecule has 3 aromatic rings. The van der Waals surface area contributed by atoms with Gasteiger partial charge in [-0.1, -0.05) is 12.1 Å². The van der Waals surface area contributed by atoms with Gasteiger partial charge in [0, 0.05) is 17.8 Å². The van der Waals surface area contributed by atoms with E-state index in [0.717, 1.165) is 23.3 Å². The lowest BCUT2D eigenvalue weighted by molar-refractivity contribution is -0.384. The fourth-order valence-electron chi connectivity index (χ4n) is 3.96. The molecule has 2 N–H and O–H groups in total. The van der Waals surface area contributed by atoms with Crippen LogP contribution in [-0.4, -0.2) is 42.4 Å². The van der Waals surface area contributed by atoms with E-state index in [1.165, 1.54) is 31.4 Å². The molecule has 13 heteroatoms. The number of methoxy groups -OCH3 is 1. The van der Waals surface area contributed by atoms with E-state index in [1.807, 2.05) is 26.0 Å². The number of nitro groups is 1. The van der Waals surface area contributed by atoms with Crippen LogP contribution in [0.25, 0.3) is 6.08 Å². The number of hydrogen-bond donors (Lipinski definition) is 2. The topological polar surface area (TPSA) is 157 Å². The second-order valence-electron chi connectivity index (χ2n) is 8.85. The third-order valence-corrected chi connectivity index (χ3v) is 6.80. The van der Waals surface area contributed by atoms with Crippen LogP contribution in [0, 0.1) is 24.0 Å². The van der Waals surface area contributed by atoms with Gasteiger partial charge in [-0.3, -0.25) is 29.8 Å². The third kappa shape index (κ3) is 6.25. The van der Waals surface area contributed by atoms with Gasteiger partial charge < -0.3 is 14.8 Å².